The largest absolute Gasteiger partial charge is 0.487 e. The van der Waals surface area contributed by atoms with Crippen LogP contribution in [0.2, 0.25) is 0 Å². The van der Waals surface area contributed by atoms with Crippen molar-refractivity contribution in [2.75, 3.05) is 0 Å². The molecule has 0 amide bonds. The van der Waals surface area contributed by atoms with Crippen LogP contribution in [-0.4, -0.2) is 12.2 Å². The van der Waals surface area contributed by atoms with E-state index in [0.29, 0.717) is 12.2 Å². The van der Waals surface area contributed by atoms with Gasteiger partial charge in [0.1, 0.15) is 24.1 Å². The predicted molar refractivity (Wildman–Crippen MR) is 62.6 cm³/mol. The summed E-state index contributed by atoms with van der Waals surface area (Å²) in [6, 6.07) is 8.26. The van der Waals surface area contributed by atoms with Gasteiger partial charge < -0.3 is 9.47 Å². The molecule has 16 heavy (non-hydrogen) atoms. The lowest BCUT2D eigenvalue weighted by atomic mass is 9.99. The number of benzene rings is 1. The van der Waals surface area contributed by atoms with Crippen molar-refractivity contribution in [3.8, 4) is 5.75 Å². The molecule has 0 radical (unpaired) electrons. The monoisotopic (exact) mass is 218 g/mol. The zero-order valence-corrected chi connectivity index (χ0v) is 9.69. The average molecular weight is 218 g/mol. The van der Waals surface area contributed by atoms with Crippen molar-refractivity contribution < 1.29 is 9.47 Å². The summed E-state index contributed by atoms with van der Waals surface area (Å²) >= 11 is 0. The number of fused-ring (bicyclic) bond motifs is 3. The van der Waals surface area contributed by atoms with Gasteiger partial charge in [-0.15, -0.1) is 0 Å². The SMILES string of the molecule is CCCCCC1Oc2ccccc2C2OC12. The average Bonchev–Trinajstić information content (AvgIpc) is 3.10. The van der Waals surface area contributed by atoms with Gasteiger partial charge in [-0.2, -0.15) is 0 Å². The third-order valence-corrected chi connectivity index (χ3v) is 3.49. The lowest BCUT2D eigenvalue weighted by Gasteiger charge is -2.22. The van der Waals surface area contributed by atoms with E-state index in [9.17, 15) is 0 Å². The van der Waals surface area contributed by atoms with E-state index < -0.39 is 0 Å². The van der Waals surface area contributed by atoms with Gasteiger partial charge >= 0.3 is 0 Å². The second kappa shape index (κ2) is 4.10. The van der Waals surface area contributed by atoms with E-state index >= 15 is 0 Å². The minimum absolute atomic E-state index is 0.284. The number of rotatable bonds is 4. The van der Waals surface area contributed by atoms with E-state index in [0.717, 1.165) is 12.2 Å². The van der Waals surface area contributed by atoms with Crippen LogP contribution < -0.4 is 4.74 Å². The summed E-state index contributed by atoms with van der Waals surface area (Å²) in [5.74, 6) is 1.03. The van der Waals surface area contributed by atoms with Crippen molar-refractivity contribution in [2.24, 2.45) is 0 Å². The van der Waals surface area contributed by atoms with Gasteiger partial charge in [0, 0.05) is 5.56 Å². The Hall–Kier alpha value is -1.02. The highest BCUT2D eigenvalue weighted by Gasteiger charge is 2.51. The molecule has 2 heteroatoms. The number of unbranched alkanes of at least 4 members (excludes halogenated alkanes) is 2. The Bertz CT molecular complexity index is 375. The van der Waals surface area contributed by atoms with Gasteiger partial charge in [0.15, 0.2) is 0 Å². The van der Waals surface area contributed by atoms with Gasteiger partial charge in [-0.1, -0.05) is 38.0 Å². The maximum absolute atomic E-state index is 6.01. The molecule has 0 aliphatic carbocycles. The lowest BCUT2D eigenvalue weighted by Crippen LogP contribution is -2.27. The van der Waals surface area contributed by atoms with E-state index in [1.165, 1.54) is 24.8 Å². The minimum atomic E-state index is 0.284. The van der Waals surface area contributed by atoms with E-state index in [2.05, 4.69) is 25.1 Å². The van der Waals surface area contributed by atoms with Crippen molar-refractivity contribution in [1.29, 1.82) is 0 Å². The summed E-state index contributed by atoms with van der Waals surface area (Å²) in [6.45, 7) is 2.23. The van der Waals surface area contributed by atoms with Gasteiger partial charge in [0.2, 0.25) is 0 Å². The summed E-state index contributed by atoms with van der Waals surface area (Å²) in [5.41, 5.74) is 1.24. The van der Waals surface area contributed by atoms with Crippen LogP contribution in [0.4, 0.5) is 0 Å². The van der Waals surface area contributed by atoms with Crippen molar-refractivity contribution in [3.05, 3.63) is 29.8 Å². The first kappa shape index (κ1) is 10.2. The van der Waals surface area contributed by atoms with E-state index in [4.69, 9.17) is 9.47 Å². The Kier molecular flexibility index (Phi) is 2.60. The number of hydrogen-bond acceptors (Lipinski definition) is 2. The topological polar surface area (TPSA) is 21.8 Å². The van der Waals surface area contributed by atoms with E-state index in [1.54, 1.807) is 0 Å². The maximum Gasteiger partial charge on any atom is 0.128 e. The van der Waals surface area contributed by atoms with Crippen LogP contribution >= 0.6 is 0 Å². The van der Waals surface area contributed by atoms with Crippen molar-refractivity contribution in [1.82, 2.24) is 0 Å². The fourth-order valence-electron chi connectivity index (χ4n) is 2.53. The lowest BCUT2D eigenvalue weighted by molar-refractivity contribution is 0.147. The fourth-order valence-corrected chi connectivity index (χ4v) is 2.53. The van der Waals surface area contributed by atoms with Crippen LogP contribution in [0.15, 0.2) is 24.3 Å². The molecule has 2 aliphatic rings. The molecular formula is C14H18O2. The molecule has 86 valence electrons. The van der Waals surface area contributed by atoms with Crippen molar-refractivity contribution in [2.45, 2.75) is 50.9 Å². The zero-order valence-electron chi connectivity index (χ0n) is 9.69. The molecule has 0 saturated carbocycles. The fraction of sp³-hybridized carbons (Fsp3) is 0.571. The molecule has 0 bridgehead atoms. The maximum atomic E-state index is 6.01. The molecule has 3 atom stereocenters. The zero-order chi connectivity index (χ0) is 11.0. The van der Waals surface area contributed by atoms with Crippen LogP contribution in [0.1, 0.15) is 44.3 Å². The highest BCUT2D eigenvalue weighted by molar-refractivity contribution is 5.40. The van der Waals surface area contributed by atoms with Gasteiger partial charge in [0.25, 0.3) is 0 Å². The molecule has 2 heterocycles. The number of epoxide rings is 1. The molecule has 1 saturated heterocycles. The number of ether oxygens (including phenoxy) is 2. The smallest absolute Gasteiger partial charge is 0.128 e. The summed E-state index contributed by atoms with van der Waals surface area (Å²) in [5, 5.41) is 0. The molecule has 0 N–H and O–H groups in total. The molecular weight excluding hydrogens is 200 g/mol. The van der Waals surface area contributed by atoms with Crippen LogP contribution in [0, 0.1) is 0 Å². The molecule has 0 aromatic heterocycles. The predicted octanol–water partition coefficient (Wildman–Crippen LogP) is 3.47. The summed E-state index contributed by atoms with van der Waals surface area (Å²) < 4.78 is 11.7. The molecule has 0 spiro atoms. The van der Waals surface area contributed by atoms with Gasteiger partial charge in [-0.25, -0.2) is 0 Å². The van der Waals surface area contributed by atoms with E-state index in [1.807, 2.05) is 6.07 Å². The first-order valence-corrected chi connectivity index (χ1v) is 6.31. The van der Waals surface area contributed by atoms with Gasteiger partial charge in [-0.05, 0) is 18.9 Å². The van der Waals surface area contributed by atoms with Crippen LogP contribution in [0.25, 0.3) is 0 Å². The quantitative estimate of drug-likeness (QED) is 0.570. The molecule has 1 aromatic rings. The van der Waals surface area contributed by atoms with E-state index in [-0.39, 0.29) is 6.10 Å². The third-order valence-electron chi connectivity index (χ3n) is 3.49. The Balaban J connectivity index is 1.69. The van der Waals surface area contributed by atoms with Gasteiger partial charge in [-0.3, -0.25) is 0 Å². The minimum Gasteiger partial charge on any atom is -0.487 e. The highest BCUT2D eigenvalue weighted by atomic mass is 16.6. The Morgan fingerprint density at radius 2 is 2.06 bits per heavy atom. The molecule has 2 aliphatic heterocycles. The molecule has 2 nitrogen and oxygen atoms in total. The highest BCUT2D eigenvalue weighted by Crippen LogP contribution is 2.50. The number of hydrogen-bond donors (Lipinski definition) is 0. The molecule has 1 aromatic carbocycles. The Labute approximate surface area is 96.6 Å². The first-order chi connectivity index (χ1) is 7.90. The Morgan fingerprint density at radius 1 is 1.19 bits per heavy atom. The van der Waals surface area contributed by atoms with Gasteiger partial charge in [0.05, 0.1) is 0 Å². The van der Waals surface area contributed by atoms with Crippen LogP contribution in [-0.2, 0) is 4.74 Å². The van der Waals surface area contributed by atoms with Crippen molar-refractivity contribution >= 4 is 0 Å². The second-order valence-electron chi connectivity index (χ2n) is 4.71. The summed E-state index contributed by atoms with van der Waals surface area (Å²) in [7, 11) is 0. The van der Waals surface area contributed by atoms with Crippen LogP contribution in [0.5, 0.6) is 5.75 Å². The Morgan fingerprint density at radius 3 is 2.94 bits per heavy atom. The molecule has 1 fully saturated rings. The third kappa shape index (κ3) is 1.71. The van der Waals surface area contributed by atoms with Crippen LogP contribution in [0.3, 0.4) is 0 Å². The first-order valence-electron chi connectivity index (χ1n) is 6.31. The molecule has 3 unspecified atom stereocenters. The normalized spacial score (nSPS) is 30.2. The second-order valence-corrected chi connectivity index (χ2v) is 4.71. The van der Waals surface area contributed by atoms with Crippen molar-refractivity contribution in [3.63, 3.8) is 0 Å². The standard InChI is InChI=1S/C14H18O2/c1-2-3-4-9-12-14-13(16-14)10-7-5-6-8-11(10)15-12/h5-8,12-14H,2-4,9H2,1H3. The number of para-hydroxylation sites is 1. The summed E-state index contributed by atoms with van der Waals surface area (Å²) in [6.07, 6.45) is 5.85. The summed E-state index contributed by atoms with van der Waals surface area (Å²) in [4.78, 5) is 0. The molecule has 3 rings (SSSR count).